The second kappa shape index (κ2) is 8.69. The van der Waals surface area contributed by atoms with Crippen LogP contribution in [0.1, 0.15) is 56.1 Å². The number of anilines is 1. The lowest BCUT2D eigenvalue weighted by atomic mass is 10.00. The third kappa shape index (κ3) is 4.53. The maximum Gasteiger partial charge on any atom is 0.416 e. The summed E-state index contributed by atoms with van der Waals surface area (Å²) in [6.07, 6.45) is -2.64. The molecule has 0 saturated carbocycles. The van der Waals surface area contributed by atoms with Crippen LogP contribution in [0.2, 0.25) is 0 Å². The zero-order valence-corrected chi connectivity index (χ0v) is 17.2. The number of amides is 1. The Hall–Kier alpha value is -3.16. The molecule has 0 atom stereocenters. The third-order valence-corrected chi connectivity index (χ3v) is 5.00. The summed E-state index contributed by atoms with van der Waals surface area (Å²) >= 11 is 0. The van der Waals surface area contributed by atoms with E-state index >= 15 is 0 Å². The number of alkyl halides is 3. The number of nitrogens with one attached hydrogen (secondary N) is 1. The largest absolute Gasteiger partial charge is 0.416 e. The van der Waals surface area contributed by atoms with Gasteiger partial charge in [0.1, 0.15) is 5.69 Å². The second-order valence-electron chi connectivity index (χ2n) is 7.05. The van der Waals surface area contributed by atoms with Gasteiger partial charge in [-0.2, -0.15) is 13.2 Å². The van der Waals surface area contributed by atoms with E-state index in [0.29, 0.717) is 17.7 Å². The van der Waals surface area contributed by atoms with Gasteiger partial charge in [-0.3, -0.25) is 14.4 Å². The number of benzene rings is 1. The van der Waals surface area contributed by atoms with Gasteiger partial charge in [0.15, 0.2) is 0 Å². The van der Waals surface area contributed by atoms with Gasteiger partial charge in [0, 0.05) is 24.8 Å². The molecule has 0 fully saturated rings. The molecular formula is C22H23F3N2O3. The zero-order chi connectivity index (χ0) is 22.8. The molecule has 5 nitrogen and oxygen atoms in total. The third-order valence-electron chi connectivity index (χ3n) is 5.00. The van der Waals surface area contributed by atoms with Crippen LogP contribution < -0.4 is 5.32 Å². The molecule has 0 aliphatic rings. The fourth-order valence-corrected chi connectivity index (χ4v) is 3.32. The molecule has 0 saturated heterocycles. The minimum atomic E-state index is -4.55. The van der Waals surface area contributed by atoms with Crippen molar-refractivity contribution in [2.24, 2.45) is 7.05 Å². The molecule has 1 amide bonds. The van der Waals surface area contributed by atoms with Crippen molar-refractivity contribution in [2.45, 2.75) is 39.8 Å². The van der Waals surface area contributed by atoms with Gasteiger partial charge in [0.05, 0.1) is 11.1 Å². The first-order chi connectivity index (χ1) is 13.9. The Bertz CT molecular complexity index is 1030. The van der Waals surface area contributed by atoms with Crippen molar-refractivity contribution in [3.63, 3.8) is 0 Å². The molecule has 160 valence electrons. The van der Waals surface area contributed by atoms with Crippen molar-refractivity contribution >= 4 is 23.2 Å². The van der Waals surface area contributed by atoms with Gasteiger partial charge >= 0.3 is 6.18 Å². The maximum absolute atomic E-state index is 13.1. The maximum atomic E-state index is 13.1. The Morgan fingerprint density at radius 3 is 2.37 bits per heavy atom. The number of carbonyl (C=O) groups excluding carboxylic acids is 3. The van der Waals surface area contributed by atoms with Gasteiger partial charge in [0.2, 0.25) is 11.6 Å². The van der Waals surface area contributed by atoms with Crippen LogP contribution in [0.3, 0.4) is 0 Å². The molecule has 0 spiro atoms. The molecule has 0 aliphatic carbocycles. The van der Waals surface area contributed by atoms with Crippen molar-refractivity contribution in [1.29, 1.82) is 0 Å². The molecule has 1 N–H and O–H groups in total. The minimum Gasteiger partial charge on any atom is -0.343 e. The lowest BCUT2D eigenvalue weighted by Gasteiger charge is -2.13. The summed E-state index contributed by atoms with van der Waals surface area (Å²) in [5.74, 6) is -1.96. The summed E-state index contributed by atoms with van der Waals surface area (Å²) in [5, 5.41) is 2.45. The predicted octanol–water partition coefficient (Wildman–Crippen LogP) is 4.94. The zero-order valence-electron chi connectivity index (χ0n) is 17.2. The van der Waals surface area contributed by atoms with E-state index in [9.17, 15) is 27.6 Å². The number of allylic oxidation sites excluding steroid dienone is 1. The van der Waals surface area contributed by atoms with Crippen molar-refractivity contribution in [1.82, 2.24) is 4.57 Å². The molecule has 0 aliphatic heterocycles. The molecule has 0 bridgehead atoms. The fraction of sp³-hybridized carbons (Fsp3) is 0.318. The number of halogens is 3. The van der Waals surface area contributed by atoms with E-state index in [2.05, 4.69) is 11.9 Å². The summed E-state index contributed by atoms with van der Waals surface area (Å²) in [6.45, 7) is 7.99. The number of aryl methyl sites for hydroxylation is 1. The molecule has 1 aromatic carbocycles. The first-order valence-corrected chi connectivity index (χ1v) is 9.23. The molecule has 1 heterocycles. The monoisotopic (exact) mass is 420 g/mol. The number of aromatic nitrogens is 1. The van der Waals surface area contributed by atoms with E-state index in [4.69, 9.17) is 0 Å². The normalized spacial score (nSPS) is 11.3. The Labute approximate surface area is 172 Å². The smallest absolute Gasteiger partial charge is 0.343 e. The summed E-state index contributed by atoms with van der Waals surface area (Å²) < 4.78 is 40.9. The van der Waals surface area contributed by atoms with Crippen LogP contribution in [-0.2, 0) is 18.0 Å². The summed E-state index contributed by atoms with van der Waals surface area (Å²) in [5.41, 5.74) is 0.132. The van der Waals surface area contributed by atoms with E-state index in [1.165, 1.54) is 36.6 Å². The molecular weight excluding hydrogens is 397 g/mol. The average molecular weight is 420 g/mol. The van der Waals surface area contributed by atoms with Crippen LogP contribution in [0.25, 0.3) is 0 Å². The van der Waals surface area contributed by atoms with Crippen molar-refractivity contribution in [3.8, 4) is 0 Å². The highest BCUT2D eigenvalue weighted by Crippen LogP contribution is 2.33. The van der Waals surface area contributed by atoms with Gasteiger partial charge in [-0.25, -0.2) is 0 Å². The van der Waals surface area contributed by atoms with Crippen LogP contribution >= 0.6 is 0 Å². The summed E-state index contributed by atoms with van der Waals surface area (Å²) in [6, 6.07) is 3.51. The Kier molecular flexibility index (Phi) is 6.70. The molecule has 8 heteroatoms. The van der Waals surface area contributed by atoms with E-state index < -0.39 is 29.2 Å². The van der Waals surface area contributed by atoms with Crippen LogP contribution in [0.4, 0.5) is 18.9 Å². The minimum absolute atomic E-state index is 0.0151. The van der Waals surface area contributed by atoms with E-state index in [1.54, 1.807) is 14.0 Å². The Morgan fingerprint density at radius 2 is 1.80 bits per heavy atom. The average Bonchev–Trinajstić information content (AvgIpc) is 2.88. The first-order valence-electron chi connectivity index (χ1n) is 9.23. The lowest BCUT2D eigenvalue weighted by molar-refractivity contribution is -0.138. The van der Waals surface area contributed by atoms with Crippen LogP contribution in [0, 0.1) is 20.8 Å². The number of carbonyl (C=O) groups is 3. The topological polar surface area (TPSA) is 68.2 Å². The second-order valence-corrected chi connectivity index (χ2v) is 7.05. The number of ketones is 2. The number of Topliss-reactive ketones (excluding diaryl/α,β-unsaturated/α-hetero) is 2. The van der Waals surface area contributed by atoms with Gasteiger partial charge in [-0.05, 0) is 50.5 Å². The highest BCUT2D eigenvalue weighted by Gasteiger charge is 2.33. The number of hydrogen-bond donors (Lipinski definition) is 1. The molecule has 0 radical (unpaired) electrons. The predicted molar refractivity (Wildman–Crippen MR) is 108 cm³/mol. The van der Waals surface area contributed by atoms with E-state index in [-0.39, 0.29) is 28.9 Å². The van der Waals surface area contributed by atoms with Crippen molar-refractivity contribution < 1.29 is 27.6 Å². The van der Waals surface area contributed by atoms with Gasteiger partial charge in [0.25, 0.3) is 5.91 Å². The molecule has 0 unspecified atom stereocenters. The Morgan fingerprint density at radius 1 is 1.17 bits per heavy atom. The van der Waals surface area contributed by atoms with Crippen LogP contribution in [-0.4, -0.2) is 22.0 Å². The molecule has 30 heavy (non-hydrogen) atoms. The quantitative estimate of drug-likeness (QED) is 0.392. The van der Waals surface area contributed by atoms with Gasteiger partial charge < -0.3 is 9.88 Å². The number of hydrogen-bond acceptors (Lipinski definition) is 3. The van der Waals surface area contributed by atoms with Crippen molar-refractivity contribution in [3.05, 3.63) is 64.5 Å². The lowest BCUT2D eigenvalue weighted by Crippen LogP contribution is -2.18. The van der Waals surface area contributed by atoms with Crippen LogP contribution in [0.5, 0.6) is 0 Å². The highest BCUT2D eigenvalue weighted by atomic mass is 19.4. The van der Waals surface area contributed by atoms with E-state index in [1.807, 2.05) is 0 Å². The molecule has 2 rings (SSSR count). The van der Waals surface area contributed by atoms with Crippen molar-refractivity contribution in [2.75, 3.05) is 5.32 Å². The first kappa shape index (κ1) is 23.1. The number of rotatable bonds is 7. The molecule has 1 aromatic heterocycles. The molecule has 2 aromatic rings. The SMILES string of the molecule is C=CCCC(=O)C(=O)c1c(C)c(C(=O)Nc2ccc(C)c(C(F)(F)F)c2)n(C)c1C. The Balaban J connectivity index is 2.39. The highest BCUT2D eigenvalue weighted by molar-refractivity contribution is 6.44. The summed E-state index contributed by atoms with van der Waals surface area (Å²) in [4.78, 5) is 37.5. The van der Waals surface area contributed by atoms with Gasteiger partial charge in [-0.15, -0.1) is 6.58 Å². The number of nitrogens with zero attached hydrogens (tertiary/aromatic N) is 1. The fourth-order valence-electron chi connectivity index (χ4n) is 3.32. The van der Waals surface area contributed by atoms with E-state index in [0.717, 1.165) is 6.07 Å². The van der Waals surface area contributed by atoms with Gasteiger partial charge in [-0.1, -0.05) is 12.1 Å². The standard InChI is InChI=1S/C22H23F3N2O3/c1-6-7-8-17(28)20(29)18-13(3)19(27(5)14(18)4)21(30)26-15-10-9-12(2)16(11-15)22(23,24)25/h6,9-11H,1,7-8H2,2-5H3,(H,26,30). The summed E-state index contributed by atoms with van der Waals surface area (Å²) in [7, 11) is 1.55. The van der Waals surface area contributed by atoms with Crippen LogP contribution in [0.15, 0.2) is 30.9 Å².